The summed E-state index contributed by atoms with van der Waals surface area (Å²) < 4.78 is 0. The number of nitrogens with zero attached hydrogens (tertiary/aromatic N) is 2. The van der Waals surface area contributed by atoms with Crippen LogP contribution in [0.3, 0.4) is 0 Å². The fourth-order valence-corrected chi connectivity index (χ4v) is 2.41. The van der Waals surface area contributed by atoms with Gasteiger partial charge in [0.1, 0.15) is 0 Å². The Kier molecular flexibility index (Phi) is 5.22. The van der Waals surface area contributed by atoms with E-state index < -0.39 is 5.97 Å². The van der Waals surface area contributed by atoms with Crippen molar-refractivity contribution in [3.05, 3.63) is 0 Å². The standard InChI is InChI=1S/C12H24N2O2/c1-10(2)14(9-6-12(15)16)11-4-7-13(3)8-5-11/h10-11H,4-9H2,1-3H3,(H,15,16). The third kappa shape index (κ3) is 4.10. The Morgan fingerprint density at radius 1 is 1.44 bits per heavy atom. The summed E-state index contributed by atoms with van der Waals surface area (Å²) in [6.45, 7) is 7.24. The molecule has 16 heavy (non-hydrogen) atoms. The smallest absolute Gasteiger partial charge is 0.304 e. The lowest BCUT2D eigenvalue weighted by atomic mass is 10.0. The molecule has 0 unspecified atom stereocenters. The van der Waals surface area contributed by atoms with E-state index in [1.165, 1.54) is 0 Å². The summed E-state index contributed by atoms with van der Waals surface area (Å²) in [7, 11) is 2.15. The Morgan fingerprint density at radius 2 is 2.00 bits per heavy atom. The molecule has 0 amide bonds. The van der Waals surface area contributed by atoms with E-state index in [4.69, 9.17) is 5.11 Å². The Hall–Kier alpha value is -0.610. The molecule has 0 radical (unpaired) electrons. The third-order valence-corrected chi connectivity index (χ3v) is 3.40. The lowest BCUT2D eigenvalue weighted by Gasteiger charge is -2.39. The van der Waals surface area contributed by atoms with Gasteiger partial charge in [-0.1, -0.05) is 0 Å². The second kappa shape index (κ2) is 6.21. The number of piperidine rings is 1. The number of carbonyl (C=O) groups is 1. The average molecular weight is 228 g/mol. The molecular formula is C12H24N2O2. The minimum atomic E-state index is -0.696. The number of carboxylic acid groups (broad SMARTS) is 1. The fraction of sp³-hybridized carbons (Fsp3) is 0.917. The van der Waals surface area contributed by atoms with Gasteiger partial charge in [-0.2, -0.15) is 0 Å². The van der Waals surface area contributed by atoms with E-state index in [-0.39, 0.29) is 6.42 Å². The van der Waals surface area contributed by atoms with E-state index in [0.717, 1.165) is 25.9 Å². The van der Waals surface area contributed by atoms with Gasteiger partial charge in [-0.05, 0) is 46.8 Å². The van der Waals surface area contributed by atoms with Crippen LogP contribution in [0.1, 0.15) is 33.1 Å². The molecule has 4 heteroatoms. The highest BCUT2D eigenvalue weighted by Gasteiger charge is 2.25. The first-order valence-electron chi connectivity index (χ1n) is 6.16. The summed E-state index contributed by atoms with van der Waals surface area (Å²) in [6.07, 6.45) is 2.58. The van der Waals surface area contributed by atoms with Crippen LogP contribution in [0.5, 0.6) is 0 Å². The number of carboxylic acids is 1. The predicted molar refractivity (Wildman–Crippen MR) is 64.6 cm³/mol. The number of likely N-dealkylation sites (tertiary alicyclic amines) is 1. The van der Waals surface area contributed by atoms with Crippen molar-refractivity contribution in [2.45, 2.75) is 45.2 Å². The molecule has 1 saturated heterocycles. The molecule has 0 aliphatic carbocycles. The zero-order chi connectivity index (χ0) is 12.1. The second-order valence-corrected chi connectivity index (χ2v) is 5.01. The summed E-state index contributed by atoms with van der Waals surface area (Å²) in [4.78, 5) is 15.3. The number of hydrogen-bond acceptors (Lipinski definition) is 3. The molecule has 1 aliphatic rings. The van der Waals surface area contributed by atoms with Crippen molar-refractivity contribution in [2.24, 2.45) is 0 Å². The topological polar surface area (TPSA) is 43.8 Å². The predicted octanol–water partition coefficient (Wildman–Crippen LogP) is 1.27. The maximum Gasteiger partial charge on any atom is 0.304 e. The lowest BCUT2D eigenvalue weighted by Crippen LogP contribution is -2.47. The van der Waals surface area contributed by atoms with Crippen LogP contribution in [0, 0.1) is 0 Å². The highest BCUT2D eigenvalue weighted by atomic mass is 16.4. The molecule has 0 aromatic rings. The molecule has 1 aliphatic heterocycles. The van der Waals surface area contributed by atoms with Gasteiger partial charge in [0.05, 0.1) is 6.42 Å². The van der Waals surface area contributed by atoms with Gasteiger partial charge >= 0.3 is 5.97 Å². The van der Waals surface area contributed by atoms with Crippen molar-refractivity contribution in [3.63, 3.8) is 0 Å². The summed E-state index contributed by atoms with van der Waals surface area (Å²) in [5, 5.41) is 8.75. The van der Waals surface area contributed by atoms with Crippen molar-refractivity contribution in [1.29, 1.82) is 0 Å². The molecule has 0 saturated carbocycles. The van der Waals surface area contributed by atoms with Crippen LogP contribution in [0.15, 0.2) is 0 Å². The first kappa shape index (κ1) is 13.5. The van der Waals surface area contributed by atoms with Crippen molar-refractivity contribution in [3.8, 4) is 0 Å². The highest BCUT2D eigenvalue weighted by Crippen LogP contribution is 2.18. The normalized spacial score (nSPS) is 19.6. The molecule has 0 bridgehead atoms. The minimum absolute atomic E-state index is 0.254. The van der Waals surface area contributed by atoms with E-state index in [0.29, 0.717) is 18.6 Å². The zero-order valence-electron chi connectivity index (χ0n) is 10.6. The Labute approximate surface area is 98.2 Å². The maximum atomic E-state index is 10.6. The fourth-order valence-electron chi connectivity index (χ4n) is 2.41. The minimum Gasteiger partial charge on any atom is -0.481 e. The lowest BCUT2D eigenvalue weighted by molar-refractivity contribution is -0.137. The first-order valence-corrected chi connectivity index (χ1v) is 6.16. The van der Waals surface area contributed by atoms with Crippen molar-refractivity contribution >= 4 is 5.97 Å². The molecule has 1 heterocycles. The summed E-state index contributed by atoms with van der Waals surface area (Å²) in [6, 6.07) is 1.00. The van der Waals surface area contributed by atoms with Crippen LogP contribution in [-0.2, 0) is 4.79 Å². The van der Waals surface area contributed by atoms with Crippen molar-refractivity contribution < 1.29 is 9.90 Å². The molecule has 0 aromatic carbocycles. The molecule has 94 valence electrons. The molecule has 4 nitrogen and oxygen atoms in total. The molecule has 0 spiro atoms. The largest absolute Gasteiger partial charge is 0.481 e. The second-order valence-electron chi connectivity index (χ2n) is 5.01. The van der Waals surface area contributed by atoms with Gasteiger partial charge in [-0.15, -0.1) is 0 Å². The van der Waals surface area contributed by atoms with E-state index >= 15 is 0 Å². The zero-order valence-corrected chi connectivity index (χ0v) is 10.6. The summed E-state index contributed by atoms with van der Waals surface area (Å²) in [5.41, 5.74) is 0. The van der Waals surface area contributed by atoms with Crippen LogP contribution in [0.4, 0.5) is 0 Å². The number of rotatable bonds is 5. The van der Waals surface area contributed by atoms with E-state index in [1.54, 1.807) is 0 Å². The van der Waals surface area contributed by atoms with Crippen LogP contribution >= 0.6 is 0 Å². The summed E-state index contributed by atoms with van der Waals surface area (Å²) >= 11 is 0. The van der Waals surface area contributed by atoms with Crippen LogP contribution in [0.25, 0.3) is 0 Å². The average Bonchev–Trinajstić information content (AvgIpc) is 2.20. The van der Waals surface area contributed by atoms with Gasteiger partial charge in [-0.25, -0.2) is 0 Å². The Morgan fingerprint density at radius 3 is 2.44 bits per heavy atom. The Bertz CT molecular complexity index is 223. The number of hydrogen-bond donors (Lipinski definition) is 1. The monoisotopic (exact) mass is 228 g/mol. The number of aliphatic carboxylic acids is 1. The highest BCUT2D eigenvalue weighted by molar-refractivity contribution is 5.66. The van der Waals surface area contributed by atoms with Gasteiger partial charge in [0, 0.05) is 18.6 Å². The van der Waals surface area contributed by atoms with Gasteiger partial charge in [0.25, 0.3) is 0 Å². The van der Waals surface area contributed by atoms with Gasteiger partial charge in [0.15, 0.2) is 0 Å². The van der Waals surface area contributed by atoms with E-state index in [1.807, 2.05) is 0 Å². The van der Waals surface area contributed by atoms with Crippen LogP contribution < -0.4 is 0 Å². The maximum absolute atomic E-state index is 10.6. The van der Waals surface area contributed by atoms with Gasteiger partial charge < -0.3 is 10.0 Å². The van der Waals surface area contributed by atoms with E-state index in [9.17, 15) is 4.79 Å². The van der Waals surface area contributed by atoms with Crippen LogP contribution in [0.2, 0.25) is 0 Å². The molecule has 1 N–H and O–H groups in total. The quantitative estimate of drug-likeness (QED) is 0.769. The molecule has 0 aromatic heterocycles. The van der Waals surface area contributed by atoms with Crippen molar-refractivity contribution in [1.82, 2.24) is 9.80 Å². The SMILES string of the molecule is CC(C)N(CCC(=O)O)C1CCN(C)CC1. The molecule has 1 rings (SSSR count). The molecule has 1 fully saturated rings. The van der Waals surface area contributed by atoms with Crippen LogP contribution in [-0.4, -0.2) is 59.6 Å². The Balaban J connectivity index is 2.46. The molecular weight excluding hydrogens is 204 g/mol. The first-order chi connectivity index (χ1) is 7.50. The van der Waals surface area contributed by atoms with Gasteiger partial charge in [-0.3, -0.25) is 9.69 Å². The molecule has 0 atom stereocenters. The summed E-state index contributed by atoms with van der Waals surface area (Å²) in [5.74, 6) is -0.696. The third-order valence-electron chi connectivity index (χ3n) is 3.40. The van der Waals surface area contributed by atoms with E-state index in [2.05, 4.69) is 30.7 Å². The van der Waals surface area contributed by atoms with Gasteiger partial charge in [0.2, 0.25) is 0 Å². The van der Waals surface area contributed by atoms with Crippen molar-refractivity contribution in [2.75, 3.05) is 26.7 Å².